The summed E-state index contributed by atoms with van der Waals surface area (Å²) in [6.45, 7) is 7.39. The van der Waals surface area contributed by atoms with Crippen molar-refractivity contribution < 1.29 is 14.4 Å². The summed E-state index contributed by atoms with van der Waals surface area (Å²) in [6, 6.07) is 0. The summed E-state index contributed by atoms with van der Waals surface area (Å²) in [4.78, 5) is 9.87. The number of aryl methyl sites for hydroxylation is 1. The maximum absolute atomic E-state index is 10.6. The van der Waals surface area contributed by atoms with Crippen LogP contribution >= 0.6 is 0 Å². The molecule has 1 N–H and O–H groups in total. The first-order valence-corrected chi connectivity index (χ1v) is 12.2. The molecule has 0 amide bonds. The van der Waals surface area contributed by atoms with Gasteiger partial charge in [-0.1, -0.05) is 19.0 Å². The van der Waals surface area contributed by atoms with Crippen LogP contribution in [-0.4, -0.2) is 28.5 Å². The fourth-order valence-electron chi connectivity index (χ4n) is 7.90. The van der Waals surface area contributed by atoms with Gasteiger partial charge in [-0.2, -0.15) is 0 Å². The van der Waals surface area contributed by atoms with Crippen molar-refractivity contribution in [2.75, 3.05) is 6.61 Å². The van der Waals surface area contributed by atoms with E-state index in [4.69, 9.17) is 9.25 Å². The number of nitrogens with zero attached hydrogens (tertiary/aromatic N) is 2. The van der Waals surface area contributed by atoms with Gasteiger partial charge in [0.15, 0.2) is 5.89 Å². The van der Waals surface area contributed by atoms with Crippen molar-refractivity contribution >= 4 is 5.71 Å². The summed E-state index contributed by atoms with van der Waals surface area (Å²) in [7, 11) is 0. The Morgan fingerprint density at radius 1 is 1.13 bits per heavy atom. The van der Waals surface area contributed by atoms with Gasteiger partial charge in [0, 0.05) is 0 Å². The molecule has 0 aromatic carbocycles. The number of hydrogen-bond donors (Lipinski definition) is 1. The second kappa shape index (κ2) is 7.65. The highest BCUT2D eigenvalue weighted by Crippen LogP contribution is 2.65. The summed E-state index contributed by atoms with van der Waals surface area (Å²) < 4.78 is 5.50. The van der Waals surface area contributed by atoms with Gasteiger partial charge in [-0.25, -0.2) is 4.98 Å². The molecule has 30 heavy (non-hydrogen) atoms. The zero-order valence-corrected chi connectivity index (χ0v) is 18.9. The van der Waals surface area contributed by atoms with Crippen LogP contribution < -0.4 is 0 Å². The Balaban J connectivity index is 1.21. The Kier molecular flexibility index (Phi) is 5.24. The van der Waals surface area contributed by atoms with E-state index < -0.39 is 0 Å². The van der Waals surface area contributed by atoms with Gasteiger partial charge in [0.2, 0.25) is 0 Å². The largest absolute Gasteiger partial charge is 0.446 e. The van der Waals surface area contributed by atoms with E-state index >= 15 is 0 Å². The average molecular weight is 415 g/mol. The number of fused-ring (bicyclic) bond motifs is 5. The first-order chi connectivity index (χ1) is 14.4. The number of rotatable bonds is 4. The van der Waals surface area contributed by atoms with Gasteiger partial charge < -0.3 is 14.4 Å². The van der Waals surface area contributed by atoms with Crippen molar-refractivity contribution in [3.8, 4) is 0 Å². The van der Waals surface area contributed by atoms with E-state index in [1.54, 1.807) is 6.20 Å². The normalized spacial score (nSPS) is 44.4. The molecule has 4 aliphatic carbocycles. The Bertz CT molecular complexity index is 804. The molecule has 0 spiro atoms. The van der Waals surface area contributed by atoms with Crippen LogP contribution in [0.5, 0.6) is 0 Å². The molecular weight excluding hydrogens is 376 g/mol. The quantitative estimate of drug-likeness (QED) is 0.536. The first kappa shape index (κ1) is 20.5. The van der Waals surface area contributed by atoms with Crippen LogP contribution in [0.1, 0.15) is 83.3 Å². The summed E-state index contributed by atoms with van der Waals surface area (Å²) in [5.74, 6) is 4.69. The molecule has 6 unspecified atom stereocenters. The van der Waals surface area contributed by atoms with Crippen molar-refractivity contribution in [3.63, 3.8) is 0 Å². The number of aromatic nitrogens is 1. The number of aliphatic hydroxyl groups excluding tert-OH is 1. The first-order valence-electron chi connectivity index (χ1n) is 12.2. The van der Waals surface area contributed by atoms with Gasteiger partial charge in [-0.15, -0.1) is 0 Å². The second-order valence-corrected chi connectivity index (χ2v) is 11.1. The van der Waals surface area contributed by atoms with E-state index in [0.29, 0.717) is 18.4 Å². The van der Waals surface area contributed by atoms with Crippen LogP contribution in [0.3, 0.4) is 0 Å². The van der Waals surface area contributed by atoms with Gasteiger partial charge in [0.05, 0.1) is 24.4 Å². The summed E-state index contributed by atoms with van der Waals surface area (Å²) >= 11 is 0. The molecule has 7 atom stereocenters. The molecule has 166 valence electrons. The lowest BCUT2D eigenvalue weighted by atomic mass is 9.45. The number of hydrogen-bond acceptors (Lipinski definition) is 5. The van der Waals surface area contributed by atoms with Crippen molar-refractivity contribution in [1.29, 1.82) is 0 Å². The molecule has 0 aliphatic heterocycles. The minimum Gasteiger partial charge on any atom is -0.446 e. The van der Waals surface area contributed by atoms with Gasteiger partial charge in [-0.3, -0.25) is 0 Å². The molecule has 5 rings (SSSR count). The Hall–Kier alpha value is -1.36. The zero-order valence-electron chi connectivity index (χ0n) is 18.9. The third kappa shape index (κ3) is 3.32. The van der Waals surface area contributed by atoms with Crippen molar-refractivity contribution in [3.05, 3.63) is 17.8 Å². The molecular formula is C25H38N2O3. The lowest BCUT2D eigenvalue weighted by Crippen LogP contribution is -2.54. The maximum atomic E-state index is 10.6. The van der Waals surface area contributed by atoms with Crippen molar-refractivity contribution in [2.24, 2.45) is 39.7 Å². The van der Waals surface area contributed by atoms with Gasteiger partial charge in [0.25, 0.3) is 0 Å². The van der Waals surface area contributed by atoms with Crippen LogP contribution in [0.15, 0.2) is 15.8 Å². The Labute approximate surface area is 180 Å². The molecule has 5 heteroatoms. The van der Waals surface area contributed by atoms with Gasteiger partial charge >= 0.3 is 0 Å². The van der Waals surface area contributed by atoms with Crippen molar-refractivity contribution in [2.45, 2.75) is 91.1 Å². The molecule has 0 saturated heterocycles. The number of oxime groups is 1. The Morgan fingerprint density at radius 2 is 1.97 bits per heavy atom. The third-order valence-corrected chi connectivity index (χ3v) is 9.72. The van der Waals surface area contributed by atoms with Crippen LogP contribution in [0.4, 0.5) is 0 Å². The molecule has 0 bridgehead atoms. The van der Waals surface area contributed by atoms with E-state index in [-0.39, 0.29) is 11.5 Å². The molecule has 1 aromatic heterocycles. The third-order valence-electron chi connectivity index (χ3n) is 9.72. The molecule has 4 fully saturated rings. The smallest absolute Gasteiger partial charge is 0.197 e. The molecule has 4 saturated carbocycles. The fourth-order valence-corrected chi connectivity index (χ4v) is 7.90. The van der Waals surface area contributed by atoms with Crippen LogP contribution in [0, 0.1) is 41.4 Å². The van der Waals surface area contributed by atoms with E-state index in [1.165, 1.54) is 44.2 Å². The molecule has 1 heterocycles. The van der Waals surface area contributed by atoms with E-state index in [2.05, 4.69) is 24.0 Å². The second-order valence-electron chi connectivity index (χ2n) is 11.1. The van der Waals surface area contributed by atoms with Crippen molar-refractivity contribution in [1.82, 2.24) is 4.98 Å². The molecule has 1 aromatic rings. The topological polar surface area (TPSA) is 67.9 Å². The molecule has 4 aliphatic rings. The standard InChI is InChI=1S/C25H38N2O3/c1-16-15-26-23(30-16)10-13-29-27-18-8-11-24(2)17(14-18)4-5-19-20-6-7-22(28)25(20,3)12-9-21(19)24/h15,17,19-22,28H,4-14H2,1-3H3/t17?,19?,20?,21-,22?,24?,25?/m0/s1. The van der Waals surface area contributed by atoms with E-state index in [9.17, 15) is 5.11 Å². The highest BCUT2D eigenvalue weighted by Gasteiger charge is 2.59. The van der Waals surface area contributed by atoms with Gasteiger partial charge in [0.1, 0.15) is 12.4 Å². The lowest BCUT2D eigenvalue weighted by molar-refractivity contribution is -0.112. The van der Waals surface area contributed by atoms with Crippen LogP contribution in [0.25, 0.3) is 0 Å². The predicted octanol–water partition coefficient (Wildman–Crippen LogP) is 5.30. The summed E-state index contributed by atoms with van der Waals surface area (Å²) in [6.07, 6.45) is 13.2. The fraction of sp³-hybridized carbons (Fsp3) is 0.840. The maximum Gasteiger partial charge on any atom is 0.197 e. The Morgan fingerprint density at radius 3 is 2.77 bits per heavy atom. The molecule has 0 radical (unpaired) electrons. The number of aliphatic hydroxyl groups is 1. The summed E-state index contributed by atoms with van der Waals surface area (Å²) in [5.41, 5.74) is 1.87. The van der Waals surface area contributed by atoms with E-state index in [0.717, 1.165) is 54.6 Å². The lowest BCUT2D eigenvalue weighted by Gasteiger charge is -2.60. The highest BCUT2D eigenvalue weighted by molar-refractivity contribution is 5.85. The van der Waals surface area contributed by atoms with Crippen LogP contribution in [0.2, 0.25) is 0 Å². The average Bonchev–Trinajstić information content (AvgIpc) is 3.28. The monoisotopic (exact) mass is 414 g/mol. The number of oxazole rings is 1. The van der Waals surface area contributed by atoms with Crippen LogP contribution in [-0.2, 0) is 11.3 Å². The minimum atomic E-state index is -0.0727. The minimum absolute atomic E-state index is 0.0727. The SMILES string of the molecule is Cc1cnc(CCON=C2CCC3(C)C(CCC4C5CCC(O)C5(C)CC[C@@H]43)C2)o1. The van der Waals surface area contributed by atoms with Gasteiger partial charge in [-0.05, 0) is 99.2 Å². The zero-order chi connectivity index (χ0) is 20.9. The predicted molar refractivity (Wildman–Crippen MR) is 116 cm³/mol. The molecule has 5 nitrogen and oxygen atoms in total. The highest BCUT2D eigenvalue weighted by atomic mass is 16.6. The summed E-state index contributed by atoms with van der Waals surface area (Å²) in [5, 5.41) is 15.2. The van der Waals surface area contributed by atoms with E-state index in [1.807, 2.05) is 6.92 Å².